The van der Waals surface area contributed by atoms with Gasteiger partial charge >= 0.3 is 5.97 Å². The van der Waals surface area contributed by atoms with Crippen LogP contribution in [0.3, 0.4) is 0 Å². The van der Waals surface area contributed by atoms with Crippen molar-refractivity contribution in [1.29, 1.82) is 0 Å². The summed E-state index contributed by atoms with van der Waals surface area (Å²) in [5, 5.41) is 2.26. The zero-order valence-corrected chi connectivity index (χ0v) is 16.3. The number of hydrogen-bond donors (Lipinski definition) is 2. The third kappa shape index (κ3) is 6.43. The highest BCUT2D eigenvalue weighted by atomic mass is 32.2. The number of esters is 1. The van der Waals surface area contributed by atoms with Gasteiger partial charge in [-0.3, -0.25) is 9.59 Å². The van der Waals surface area contributed by atoms with E-state index >= 15 is 0 Å². The standard InChI is InChI=1S/C19H21FN2O5S/c1-13-6-7-17(8-14(13)2)28(25,26)22-10-18(23)21-11-19(24)27-12-15-4-3-5-16(20)9-15/h3-9,22H,10-12H2,1-2H3,(H,21,23). The predicted octanol–water partition coefficient (Wildman–Crippen LogP) is 1.58. The molecular formula is C19H21FN2O5S. The van der Waals surface area contributed by atoms with Crippen LogP contribution in [0.4, 0.5) is 4.39 Å². The Morgan fingerprint density at radius 2 is 1.79 bits per heavy atom. The molecule has 7 nitrogen and oxygen atoms in total. The average molecular weight is 408 g/mol. The maximum atomic E-state index is 13.0. The lowest BCUT2D eigenvalue weighted by Gasteiger charge is -2.09. The molecule has 0 saturated carbocycles. The molecule has 0 spiro atoms. The average Bonchev–Trinajstić information content (AvgIpc) is 2.65. The topological polar surface area (TPSA) is 102 Å². The first-order valence-corrected chi connectivity index (χ1v) is 9.89. The molecule has 9 heteroatoms. The fourth-order valence-electron chi connectivity index (χ4n) is 2.20. The molecule has 1 amide bonds. The summed E-state index contributed by atoms with van der Waals surface area (Å²) in [5.74, 6) is -1.86. The number of halogens is 1. The number of carbonyl (C=O) groups excluding carboxylic acids is 2. The van der Waals surface area contributed by atoms with Gasteiger partial charge in [-0.05, 0) is 54.8 Å². The first-order valence-electron chi connectivity index (χ1n) is 8.41. The largest absolute Gasteiger partial charge is 0.460 e. The summed E-state index contributed by atoms with van der Waals surface area (Å²) in [6.07, 6.45) is 0. The van der Waals surface area contributed by atoms with Crippen molar-refractivity contribution in [2.24, 2.45) is 0 Å². The Bertz CT molecular complexity index is 976. The molecule has 0 aliphatic rings. The first kappa shape index (κ1) is 21.5. The fourth-order valence-corrected chi connectivity index (χ4v) is 3.27. The third-order valence-corrected chi connectivity index (χ3v) is 5.33. The lowest BCUT2D eigenvalue weighted by Crippen LogP contribution is -2.39. The number of benzene rings is 2. The zero-order valence-electron chi connectivity index (χ0n) is 15.5. The Morgan fingerprint density at radius 3 is 2.46 bits per heavy atom. The number of sulfonamides is 1. The van der Waals surface area contributed by atoms with Crippen molar-refractivity contribution in [2.75, 3.05) is 13.1 Å². The van der Waals surface area contributed by atoms with E-state index in [1.807, 2.05) is 6.92 Å². The second kappa shape index (κ2) is 9.43. The van der Waals surface area contributed by atoms with Gasteiger partial charge in [-0.2, -0.15) is 0 Å². The van der Waals surface area contributed by atoms with Crippen molar-refractivity contribution in [3.8, 4) is 0 Å². The van der Waals surface area contributed by atoms with Crippen LogP contribution in [-0.2, 0) is 31.0 Å². The van der Waals surface area contributed by atoms with E-state index in [4.69, 9.17) is 4.74 Å². The number of aryl methyl sites for hydroxylation is 2. The Labute approximate surface area is 163 Å². The molecule has 2 N–H and O–H groups in total. The summed E-state index contributed by atoms with van der Waals surface area (Å²) in [6, 6.07) is 10.2. The lowest BCUT2D eigenvalue weighted by molar-refractivity contribution is -0.145. The SMILES string of the molecule is Cc1ccc(S(=O)(=O)NCC(=O)NCC(=O)OCc2cccc(F)c2)cc1C. The van der Waals surface area contributed by atoms with Crippen LogP contribution in [0.25, 0.3) is 0 Å². The number of ether oxygens (including phenoxy) is 1. The van der Waals surface area contributed by atoms with Gasteiger partial charge in [0, 0.05) is 0 Å². The van der Waals surface area contributed by atoms with Gasteiger partial charge in [-0.15, -0.1) is 0 Å². The van der Waals surface area contributed by atoms with Crippen LogP contribution in [0.1, 0.15) is 16.7 Å². The predicted molar refractivity (Wildman–Crippen MR) is 100 cm³/mol. The van der Waals surface area contributed by atoms with E-state index in [0.717, 1.165) is 11.1 Å². The van der Waals surface area contributed by atoms with Crippen molar-refractivity contribution in [3.05, 3.63) is 65.0 Å². The van der Waals surface area contributed by atoms with Gasteiger partial charge in [0.15, 0.2) is 0 Å². The quantitative estimate of drug-likeness (QED) is 0.646. The number of hydrogen-bond acceptors (Lipinski definition) is 5. The fraction of sp³-hybridized carbons (Fsp3) is 0.263. The Hall–Kier alpha value is -2.78. The molecule has 0 saturated heterocycles. The van der Waals surface area contributed by atoms with Gasteiger partial charge < -0.3 is 10.1 Å². The second-order valence-electron chi connectivity index (χ2n) is 6.14. The van der Waals surface area contributed by atoms with Crippen molar-refractivity contribution < 1.29 is 27.1 Å². The zero-order chi connectivity index (χ0) is 20.7. The van der Waals surface area contributed by atoms with E-state index < -0.39 is 40.8 Å². The van der Waals surface area contributed by atoms with Crippen LogP contribution < -0.4 is 10.0 Å². The molecule has 0 fully saturated rings. The molecule has 2 aromatic carbocycles. The van der Waals surface area contributed by atoms with Crippen LogP contribution >= 0.6 is 0 Å². The van der Waals surface area contributed by atoms with Crippen LogP contribution in [0, 0.1) is 19.7 Å². The summed E-state index contributed by atoms with van der Waals surface area (Å²) in [6.45, 7) is 2.56. The highest BCUT2D eigenvalue weighted by Gasteiger charge is 2.16. The molecule has 0 unspecified atom stereocenters. The van der Waals surface area contributed by atoms with Crippen LogP contribution in [0.5, 0.6) is 0 Å². The van der Waals surface area contributed by atoms with Crippen LogP contribution in [0.15, 0.2) is 47.4 Å². The summed E-state index contributed by atoms with van der Waals surface area (Å²) in [4.78, 5) is 23.5. The molecule has 0 aromatic heterocycles. The van der Waals surface area contributed by atoms with E-state index in [1.165, 1.54) is 30.3 Å². The molecule has 0 radical (unpaired) electrons. The number of amides is 1. The summed E-state index contributed by atoms with van der Waals surface area (Å²) in [5.41, 5.74) is 2.24. The van der Waals surface area contributed by atoms with Crippen LogP contribution in [-0.4, -0.2) is 33.4 Å². The van der Waals surface area contributed by atoms with Gasteiger partial charge in [-0.25, -0.2) is 17.5 Å². The van der Waals surface area contributed by atoms with E-state index in [0.29, 0.717) is 5.56 Å². The van der Waals surface area contributed by atoms with E-state index in [9.17, 15) is 22.4 Å². The molecule has 2 rings (SSSR count). The number of nitrogens with one attached hydrogen (secondary N) is 2. The summed E-state index contributed by atoms with van der Waals surface area (Å²) < 4.78 is 44.6. The molecule has 0 atom stereocenters. The third-order valence-electron chi connectivity index (χ3n) is 3.93. The van der Waals surface area contributed by atoms with Gasteiger partial charge in [0.2, 0.25) is 15.9 Å². The minimum Gasteiger partial charge on any atom is -0.460 e. The normalized spacial score (nSPS) is 11.1. The highest BCUT2D eigenvalue weighted by Crippen LogP contribution is 2.14. The Kier molecular flexibility index (Phi) is 7.24. The highest BCUT2D eigenvalue weighted by molar-refractivity contribution is 7.89. The van der Waals surface area contributed by atoms with E-state index in [-0.39, 0.29) is 11.5 Å². The van der Waals surface area contributed by atoms with Crippen molar-refractivity contribution >= 4 is 21.9 Å². The molecule has 150 valence electrons. The van der Waals surface area contributed by atoms with Gasteiger partial charge in [0.1, 0.15) is 19.0 Å². The molecule has 0 heterocycles. The minimum absolute atomic E-state index is 0.0536. The minimum atomic E-state index is -3.85. The van der Waals surface area contributed by atoms with Gasteiger partial charge in [0.25, 0.3) is 0 Å². The number of carbonyl (C=O) groups is 2. The van der Waals surface area contributed by atoms with Gasteiger partial charge in [0.05, 0.1) is 11.4 Å². The monoisotopic (exact) mass is 408 g/mol. The Balaban J connectivity index is 1.77. The molecule has 0 aliphatic carbocycles. The molecule has 0 aliphatic heterocycles. The molecule has 28 heavy (non-hydrogen) atoms. The molecule has 2 aromatic rings. The molecule has 0 bridgehead atoms. The first-order chi connectivity index (χ1) is 13.2. The van der Waals surface area contributed by atoms with Crippen LogP contribution in [0.2, 0.25) is 0 Å². The van der Waals surface area contributed by atoms with Gasteiger partial charge in [-0.1, -0.05) is 18.2 Å². The molecular weight excluding hydrogens is 387 g/mol. The summed E-state index contributed by atoms with van der Waals surface area (Å²) in [7, 11) is -3.85. The van der Waals surface area contributed by atoms with E-state index in [1.54, 1.807) is 19.1 Å². The van der Waals surface area contributed by atoms with Crippen molar-refractivity contribution in [3.63, 3.8) is 0 Å². The van der Waals surface area contributed by atoms with Crippen molar-refractivity contribution in [1.82, 2.24) is 10.0 Å². The maximum absolute atomic E-state index is 13.0. The van der Waals surface area contributed by atoms with Crippen molar-refractivity contribution in [2.45, 2.75) is 25.3 Å². The van der Waals surface area contributed by atoms with E-state index in [2.05, 4.69) is 10.0 Å². The lowest BCUT2D eigenvalue weighted by atomic mass is 10.1. The summed E-state index contributed by atoms with van der Waals surface area (Å²) >= 11 is 0. The second-order valence-corrected chi connectivity index (χ2v) is 7.90. The number of rotatable bonds is 8. The maximum Gasteiger partial charge on any atom is 0.325 e. The Morgan fingerprint density at radius 1 is 1.04 bits per heavy atom. The smallest absolute Gasteiger partial charge is 0.325 e.